The third kappa shape index (κ3) is 2.97. The highest BCUT2D eigenvalue weighted by Gasteiger charge is 2.13. The lowest BCUT2D eigenvalue weighted by Gasteiger charge is -2.06. The van der Waals surface area contributed by atoms with Gasteiger partial charge in [0.05, 0.1) is 6.26 Å². The molecular weight excluding hydrogens is 288 g/mol. The SMILES string of the molecule is CCC(=O)Nc1cc(-c2nccs2)nc(-c2ccco2)n1. The van der Waals surface area contributed by atoms with Gasteiger partial charge in [-0.1, -0.05) is 6.92 Å². The number of amides is 1. The molecule has 0 fully saturated rings. The minimum Gasteiger partial charge on any atom is -0.461 e. The summed E-state index contributed by atoms with van der Waals surface area (Å²) < 4.78 is 5.32. The first-order chi connectivity index (χ1) is 10.3. The number of nitrogens with one attached hydrogen (secondary N) is 1. The van der Waals surface area contributed by atoms with Crippen molar-refractivity contribution in [1.82, 2.24) is 15.0 Å². The number of furan rings is 1. The minimum atomic E-state index is -0.107. The van der Waals surface area contributed by atoms with Gasteiger partial charge in [0.2, 0.25) is 5.91 Å². The van der Waals surface area contributed by atoms with Crippen LogP contribution in [0.3, 0.4) is 0 Å². The lowest BCUT2D eigenvalue weighted by atomic mass is 10.3. The van der Waals surface area contributed by atoms with Crippen LogP contribution < -0.4 is 5.32 Å². The van der Waals surface area contributed by atoms with Gasteiger partial charge in [-0.2, -0.15) is 0 Å². The number of hydrogen-bond donors (Lipinski definition) is 1. The van der Waals surface area contributed by atoms with Crippen molar-refractivity contribution in [1.29, 1.82) is 0 Å². The fourth-order valence-corrected chi connectivity index (χ4v) is 2.32. The van der Waals surface area contributed by atoms with Crippen molar-refractivity contribution in [2.75, 3.05) is 5.32 Å². The van der Waals surface area contributed by atoms with Crippen LogP contribution in [-0.4, -0.2) is 20.9 Å². The fraction of sp³-hybridized carbons (Fsp3) is 0.143. The van der Waals surface area contributed by atoms with Crippen molar-refractivity contribution in [3.8, 4) is 22.3 Å². The Morgan fingerprint density at radius 3 is 3.00 bits per heavy atom. The number of carbonyl (C=O) groups excluding carboxylic acids is 1. The van der Waals surface area contributed by atoms with E-state index in [2.05, 4.69) is 20.3 Å². The number of thiazole rings is 1. The van der Waals surface area contributed by atoms with Gasteiger partial charge in [0.1, 0.15) is 16.5 Å². The molecule has 0 unspecified atom stereocenters. The van der Waals surface area contributed by atoms with E-state index in [1.54, 1.807) is 37.6 Å². The van der Waals surface area contributed by atoms with Crippen LogP contribution in [0.1, 0.15) is 13.3 Å². The predicted octanol–water partition coefficient (Wildman–Crippen LogP) is 3.21. The highest BCUT2D eigenvalue weighted by atomic mass is 32.1. The standard InChI is InChI=1S/C14H12N4O2S/c1-2-12(19)17-11-8-9(14-15-5-7-21-14)16-13(18-11)10-4-3-6-20-10/h3-8H,2H2,1H3,(H,16,17,18,19). The number of aromatic nitrogens is 3. The quantitative estimate of drug-likeness (QED) is 0.800. The minimum absolute atomic E-state index is 0.107. The van der Waals surface area contributed by atoms with Gasteiger partial charge in [0.15, 0.2) is 11.6 Å². The normalized spacial score (nSPS) is 10.5. The summed E-state index contributed by atoms with van der Waals surface area (Å²) in [6.07, 6.45) is 3.64. The molecule has 0 aliphatic carbocycles. The largest absolute Gasteiger partial charge is 0.461 e. The van der Waals surface area contributed by atoms with Crippen LogP contribution >= 0.6 is 11.3 Å². The molecule has 0 saturated carbocycles. The van der Waals surface area contributed by atoms with Gasteiger partial charge >= 0.3 is 0 Å². The van der Waals surface area contributed by atoms with Crippen LogP contribution in [0.5, 0.6) is 0 Å². The van der Waals surface area contributed by atoms with E-state index in [0.717, 1.165) is 5.01 Å². The summed E-state index contributed by atoms with van der Waals surface area (Å²) in [6.45, 7) is 1.78. The third-order valence-electron chi connectivity index (χ3n) is 2.71. The molecule has 3 heterocycles. The molecule has 0 atom stereocenters. The van der Waals surface area contributed by atoms with Crippen molar-refractivity contribution >= 4 is 23.1 Å². The second-order valence-electron chi connectivity index (χ2n) is 4.18. The molecule has 1 N–H and O–H groups in total. The zero-order chi connectivity index (χ0) is 14.7. The Morgan fingerprint density at radius 2 is 2.33 bits per heavy atom. The number of rotatable bonds is 4. The smallest absolute Gasteiger partial charge is 0.225 e. The van der Waals surface area contributed by atoms with E-state index in [0.29, 0.717) is 29.5 Å². The highest BCUT2D eigenvalue weighted by molar-refractivity contribution is 7.13. The molecule has 21 heavy (non-hydrogen) atoms. The number of carbonyl (C=O) groups is 1. The molecular formula is C14H12N4O2S. The summed E-state index contributed by atoms with van der Waals surface area (Å²) in [6, 6.07) is 5.24. The lowest BCUT2D eigenvalue weighted by Crippen LogP contribution is -2.11. The average Bonchev–Trinajstić information content (AvgIpc) is 3.20. The molecule has 7 heteroatoms. The summed E-state index contributed by atoms with van der Waals surface area (Å²) in [5.41, 5.74) is 0.651. The molecule has 3 aromatic rings. The maximum atomic E-state index is 11.6. The first-order valence-corrected chi connectivity index (χ1v) is 7.27. The van der Waals surface area contributed by atoms with Gasteiger partial charge in [-0.25, -0.2) is 15.0 Å². The highest BCUT2D eigenvalue weighted by Crippen LogP contribution is 2.25. The fourth-order valence-electron chi connectivity index (χ4n) is 1.72. The molecule has 0 radical (unpaired) electrons. The van der Waals surface area contributed by atoms with E-state index in [4.69, 9.17) is 4.42 Å². The summed E-state index contributed by atoms with van der Waals surface area (Å²) in [4.78, 5) is 24.6. The number of anilines is 1. The average molecular weight is 300 g/mol. The zero-order valence-electron chi connectivity index (χ0n) is 11.2. The van der Waals surface area contributed by atoms with Crippen LogP contribution in [0.2, 0.25) is 0 Å². The van der Waals surface area contributed by atoms with Gasteiger partial charge in [0.25, 0.3) is 0 Å². The molecule has 3 rings (SSSR count). The summed E-state index contributed by atoms with van der Waals surface area (Å²) >= 11 is 1.47. The molecule has 6 nitrogen and oxygen atoms in total. The van der Waals surface area contributed by atoms with E-state index in [-0.39, 0.29) is 5.91 Å². The van der Waals surface area contributed by atoms with E-state index in [1.165, 1.54) is 11.3 Å². The second-order valence-corrected chi connectivity index (χ2v) is 5.07. The lowest BCUT2D eigenvalue weighted by molar-refractivity contribution is -0.115. The molecule has 0 spiro atoms. The van der Waals surface area contributed by atoms with Crippen molar-refractivity contribution in [3.63, 3.8) is 0 Å². The van der Waals surface area contributed by atoms with Crippen LogP contribution in [0.25, 0.3) is 22.3 Å². The summed E-state index contributed by atoms with van der Waals surface area (Å²) in [7, 11) is 0. The maximum Gasteiger partial charge on any atom is 0.225 e. The molecule has 3 aromatic heterocycles. The second kappa shape index (κ2) is 5.84. The topological polar surface area (TPSA) is 80.9 Å². The Bertz CT molecular complexity index is 686. The zero-order valence-corrected chi connectivity index (χ0v) is 12.1. The van der Waals surface area contributed by atoms with Crippen molar-refractivity contribution < 1.29 is 9.21 Å². The van der Waals surface area contributed by atoms with E-state index in [9.17, 15) is 4.79 Å². The number of nitrogens with zero attached hydrogens (tertiary/aromatic N) is 3. The predicted molar refractivity (Wildman–Crippen MR) is 79.8 cm³/mol. The first kappa shape index (κ1) is 13.4. The molecule has 0 saturated heterocycles. The van der Waals surface area contributed by atoms with E-state index >= 15 is 0 Å². The first-order valence-electron chi connectivity index (χ1n) is 6.39. The van der Waals surface area contributed by atoms with Gasteiger partial charge in [-0.15, -0.1) is 11.3 Å². The van der Waals surface area contributed by atoms with Crippen LogP contribution in [0.4, 0.5) is 5.82 Å². The van der Waals surface area contributed by atoms with Gasteiger partial charge in [0, 0.05) is 24.1 Å². The summed E-state index contributed by atoms with van der Waals surface area (Å²) in [5.74, 6) is 1.29. The monoisotopic (exact) mass is 300 g/mol. The van der Waals surface area contributed by atoms with Crippen molar-refractivity contribution in [2.45, 2.75) is 13.3 Å². The molecule has 0 aromatic carbocycles. The van der Waals surface area contributed by atoms with Crippen LogP contribution in [0, 0.1) is 0 Å². The Balaban J connectivity index is 2.06. The Kier molecular flexibility index (Phi) is 3.74. The molecule has 1 amide bonds. The Hall–Kier alpha value is -2.54. The van der Waals surface area contributed by atoms with Crippen LogP contribution in [-0.2, 0) is 4.79 Å². The van der Waals surface area contributed by atoms with Gasteiger partial charge in [-0.05, 0) is 12.1 Å². The van der Waals surface area contributed by atoms with Gasteiger partial charge in [-0.3, -0.25) is 4.79 Å². The van der Waals surface area contributed by atoms with Crippen LogP contribution in [0.15, 0.2) is 40.5 Å². The Morgan fingerprint density at radius 1 is 1.43 bits per heavy atom. The van der Waals surface area contributed by atoms with Crippen molar-refractivity contribution in [2.24, 2.45) is 0 Å². The molecule has 0 aliphatic rings. The van der Waals surface area contributed by atoms with Gasteiger partial charge < -0.3 is 9.73 Å². The molecule has 106 valence electrons. The number of hydrogen-bond acceptors (Lipinski definition) is 6. The Labute approximate surface area is 124 Å². The maximum absolute atomic E-state index is 11.6. The third-order valence-corrected chi connectivity index (χ3v) is 3.50. The van der Waals surface area contributed by atoms with E-state index in [1.807, 2.05) is 5.38 Å². The summed E-state index contributed by atoms with van der Waals surface area (Å²) in [5, 5.41) is 5.37. The van der Waals surface area contributed by atoms with E-state index < -0.39 is 0 Å². The van der Waals surface area contributed by atoms with Crippen molar-refractivity contribution in [3.05, 3.63) is 36.0 Å². The molecule has 0 bridgehead atoms. The molecule has 0 aliphatic heterocycles.